The highest BCUT2D eigenvalue weighted by atomic mass is 19.1. The van der Waals surface area contributed by atoms with Crippen LogP contribution in [-0.4, -0.2) is 17.3 Å². The summed E-state index contributed by atoms with van der Waals surface area (Å²) >= 11 is 0. The molecule has 4 heteroatoms. The molecule has 0 heterocycles. The van der Waals surface area contributed by atoms with Crippen LogP contribution in [0.2, 0.25) is 0 Å². The molecular weight excluding hydrogens is 224 g/mol. The zero-order valence-electron chi connectivity index (χ0n) is 10.3. The van der Waals surface area contributed by atoms with E-state index in [-0.39, 0.29) is 12.1 Å². The van der Waals surface area contributed by atoms with Crippen molar-refractivity contribution in [3.8, 4) is 0 Å². The third-order valence-corrected chi connectivity index (χ3v) is 2.62. The minimum Gasteiger partial charge on any atom is -0.389 e. The van der Waals surface area contributed by atoms with Crippen molar-refractivity contribution < 1.29 is 13.9 Å². The maximum atomic E-state index is 13.3. The number of nitrogens with one attached hydrogen (secondary N) is 1. The van der Waals surface area contributed by atoms with Crippen molar-refractivity contribution in [2.75, 3.05) is 6.54 Å². The van der Waals surface area contributed by atoms with Crippen LogP contribution in [0, 0.1) is 11.6 Å². The lowest BCUT2D eigenvalue weighted by atomic mass is 10.0. The summed E-state index contributed by atoms with van der Waals surface area (Å²) in [5.74, 6) is -0.891. The fourth-order valence-corrected chi connectivity index (χ4v) is 1.77. The zero-order valence-corrected chi connectivity index (χ0v) is 10.3. The molecule has 0 aromatic heterocycles. The van der Waals surface area contributed by atoms with Crippen LogP contribution >= 0.6 is 0 Å². The summed E-state index contributed by atoms with van der Waals surface area (Å²) in [6, 6.07) is 3.36. The van der Waals surface area contributed by atoms with E-state index in [1.54, 1.807) is 6.92 Å². The van der Waals surface area contributed by atoms with Gasteiger partial charge in [-0.05, 0) is 31.5 Å². The lowest BCUT2D eigenvalue weighted by Gasteiger charge is -2.23. The van der Waals surface area contributed by atoms with Crippen LogP contribution in [0.5, 0.6) is 0 Å². The van der Waals surface area contributed by atoms with Crippen molar-refractivity contribution in [2.45, 2.75) is 38.8 Å². The lowest BCUT2D eigenvalue weighted by molar-refractivity contribution is 0.0497. The summed E-state index contributed by atoms with van der Waals surface area (Å²) in [5.41, 5.74) is -0.532. The van der Waals surface area contributed by atoms with Gasteiger partial charge >= 0.3 is 0 Å². The Bertz CT molecular complexity index is 366. The molecule has 0 spiro atoms. The van der Waals surface area contributed by atoms with E-state index in [1.807, 2.05) is 6.92 Å². The van der Waals surface area contributed by atoms with Gasteiger partial charge in [-0.25, -0.2) is 8.78 Å². The Morgan fingerprint density at radius 2 is 2.06 bits per heavy atom. The molecule has 96 valence electrons. The van der Waals surface area contributed by atoms with Crippen LogP contribution in [0.3, 0.4) is 0 Å². The van der Waals surface area contributed by atoms with Crippen LogP contribution < -0.4 is 5.32 Å². The maximum Gasteiger partial charge on any atom is 0.127 e. The molecule has 0 amide bonds. The average Bonchev–Trinajstić information content (AvgIpc) is 2.23. The molecule has 0 aliphatic rings. The molecule has 1 aromatic rings. The molecular formula is C13H19F2NO. The van der Waals surface area contributed by atoms with Gasteiger partial charge < -0.3 is 10.4 Å². The first-order valence-corrected chi connectivity index (χ1v) is 5.81. The summed E-state index contributed by atoms with van der Waals surface area (Å²) in [5, 5.41) is 12.8. The van der Waals surface area contributed by atoms with E-state index in [4.69, 9.17) is 0 Å². The summed E-state index contributed by atoms with van der Waals surface area (Å²) in [4.78, 5) is 0. The monoisotopic (exact) mass is 243 g/mol. The van der Waals surface area contributed by atoms with Crippen LogP contribution in [0.15, 0.2) is 18.2 Å². The summed E-state index contributed by atoms with van der Waals surface area (Å²) < 4.78 is 26.2. The molecule has 2 N–H and O–H groups in total. The number of hydrogen-bond donors (Lipinski definition) is 2. The van der Waals surface area contributed by atoms with Crippen LogP contribution in [0.1, 0.15) is 32.3 Å². The highest BCUT2D eigenvalue weighted by Crippen LogP contribution is 2.12. The van der Waals surface area contributed by atoms with Gasteiger partial charge in [0.05, 0.1) is 5.60 Å². The maximum absolute atomic E-state index is 13.3. The summed E-state index contributed by atoms with van der Waals surface area (Å²) in [6.07, 6.45) is 1.55. The first-order chi connectivity index (χ1) is 7.94. The van der Waals surface area contributed by atoms with E-state index in [9.17, 15) is 13.9 Å². The first-order valence-electron chi connectivity index (χ1n) is 5.81. The largest absolute Gasteiger partial charge is 0.389 e. The standard InChI is InChI=1S/C13H19F2NO/c1-3-6-13(2,17)9-16-8-10-7-11(14)4-5-12(10)15/h4-5,7,16-17H,3,6,8-9H2,1-2H3. The van der Waals surface area contributed by atoms with Gasteiger partial charge in [-0.2, -0.15) is 0 Å². The first kappa shape index (κ1) is 14.1. The highest BCUT2D eigenvalue weighted by molar-refractivity contribution is 5.18. The molecule has 1 unspecified atom stereocenters. The van der Waals surface area contributed by atoms with Gasteiger partial charge in [0.2, 0.25) is 0 Å². The number of rotatable bonds is 6. The summed E-state index contributed by atoms with van der Waals surface area (Å²) in [6.45, 7) is 4.28. The molecule has 1 rings (SSSR count). The van der Waals surface area contributed by atoms with Gasteiger partial charge in [-0.15, -0.1) is 0 Å². The topological polar surface area (TPSA) is 32.3 Å². The molecule has 0 radical (unpaired) electrons. The number of hydrogen-bond acceptors (Lipinski definition) is 2. The summed E-state index contributed by atoms with van der Waals surface area (Å²) in [7, 11) is 0. The van der Waals surface area contributed by atoms with Gasteiger partial charge in [0.1, 0.15) is 11.6 Å². The average molecular weight is 243 g/mol. The van der Waals surface area contributed by atoms with Crippen molar-refractivity contribution in [3.63, 3.8) is 0 Å². The van der Waals surface area contributed by atoms with E-state index in [0.29, 0.717) is 13.0 Å². The van der Waals surface area contributed by atoms with Crippen LogP contribution in [0.25, 0.3) is 0 Å². The second kappa shape index (κ2) is 6.07. The van der Waals surface area contributed by atoms with Crippen molar-refractivity contribution >= 4 is 0 Å². The number of benzene rings is 1. The molecule has 1 atom stereocenters. The van der Waals surface area contributed by atoms with Crippen LogP contribution in [0.4, 0.5) is 8.78 Å². The Kier molecular flexibility index (Phi) is 5.02. The molecule has 2 nitrogen and oxygen atoms in total. The van der Waals surface area contributed by atoms with Gasteiger partial charge in [0.15, 0.2) is 0 Å². The van der Waals surface area contributed by atoms with E-state index >= 15 is 0 Å². The highest BCUT2D eigenvalue weighted by Gasteiger charge is 2.18. The normalized spacial score (nSPS) is 14.6. The van der Waals surface area contributed by atoms with Gasteiger partial charge in [0, 0.05) is 18.7 Å². The molecule has 0 aliphatic heterocycles. The minimum absolute atomic E-state index is 0.212. The molecule has 0 bridgehead atoms. The van der Waals surface area contributed by atoms with E-state index in [0.717, 1.165) is 24.6 Å². The van der Waals surface area contributed by atoms with Crippen molar-refractivity contribution in [3.05, 3.63) is 35.4 Å². The Balaban J connectivity index is 2.48. The second-order valence-corrected chi connectivity index (χ2v) is 4.59. The third-order valence-electron chi connectivity index (χ3n) is 2.62. The second-order valence-electron chi connectivity index (χ2n) is 4.59. The van der Waals surface area contributed by atoms with E-state index in [2.05, 4.69) is 5.32 Å². The Morgan fingerprint density at radius 1 is 1.35 bits per heavy atom. The predicted molar refractivity (Wildman–Crippen MR) is 63.6 cm³/mol. The Morgan fingerprint density at radius 3 is 2.71 bits per heavy atom. The van der Waals surface area contributed by atoms with Gasteiger partial charge in [-0.3, -0.25) is 0 Å². The SMILES string of the molecule is CCCC(C)(O)CNCc1cc(F)ccc1F. The van der Waals surface area contributed by atoms with E-state index in [1.165, 1.54) is 0 Å². The molecule has 17 heavy (non-hydrogen) atoms. The van der Waals surface area contributed by atoms with Crippen molar-refractivity contribution in [1.82, 2.24) is 5.32 Å². The van der Waals surface area contributed by atoms with Crippen molar-refractivity contribution in [1.29, 1.82) is 0 Å². The third kappa shape index (κ3) is 4.79. The fourth-order valence-electron chi connectivity index (χ4n) is 1.77. The predicted octanol–water partition coefficient (Wildman–Crippen LogP) is 2.61. The van der Waals surface area contributed by atoms with Crippen LogP contribution in [-0.2, 0) is 6.54 Å². The fraction of sp³-hybridized carbons (Fsp3) is 0.538. The zero-order chi connectivity index (χ0) is 12.9. The molecule has 0 saturated carbocycles. The van der Waals surface area contributed by atoms with Crippen molar-refractivity contribution in [2.24, 2.45) is 0 Å². The van der Waals surface area contributed by atoms with Gasteiger partial charge in [0.25, 0.3) is 0 Å². The lowest BCUT2D eigenvalue weighted by Crippen LogP contribution is -2.37. The number of aliphatic hydroxyl groups is 1. The molecule has 0 fully saturated rings. The minimum atomic E-state index is -0.807. The van der Waals surface area contributed by atoms with Gasteiger partial charge in [-0.1, -0.05) is 13.3 Å². The molecule has 1 aromatic carbocycles. The molecule has 0 saturated heterocycles. The van der Waals surface area contributed by atoms with E-state index < -0.39 is 17.2 Å². The Hall–Kier alpha value is -1.00. The number of halogens is 2. The smallest absolute Gasteiger partial charge is 0.127 e. The Labute approximate surface area is 101 Å². The molecule has 0 aliphatic carbocycles. The quantitative estimate of drug-likeness (QED) is 0.805.